The van der Waals surface area contributed by atoms with Crippen molar-refractivity contribution in [2.75, 3.05) is 20.8 Å². The van der Waals surface area contributed by atoms with Gasteiger partial charge in [0.05, 0.1) is 14.2 Å². The average molecular weight is 316 g/mol. The molecule has 2 rings (SSSR count). The van der Waals surface area contributed by atoms with Gasteiger partial charge < -0.3 is 19.4 Å². The Morgan fingerprint density at radius 1 is 1.09 bits per heavy atom. The van der Waals surface area contributed by atoms with Crippen LogP contribution in [0.5, 0.6) is 11.5 Å². The van der Waals surface area contributed by atoms with E-state index in [0.717, 1.165) is 28.5 Å². The maximum Gasteiger partial charge on any atom is 0.239 e. The molecule has 5 heteroatoms. The minimum atomic E-state index is 0.00858. The lowest BCUT2D eigenvalue weighted by Gasteiger charge is -2.12. The van der Waals surface area contributed by atoms with Gasteiger partial charge in [0.25, 0.3) is 0 Å². The lowest BCUT2D eigenvalue weighted by Crippen LogP contribution is -2.30. The van der Waals surface area contributed by atoms with Gasteiger partial charge in [0.1, 0.15) is 18.0 Å². The molecule has 0 bridgehead atoms. The van der Waals surface area contributed by atoms with Crippen molar-refractivity contribution >= 4 is 5.91 Å². The first-order chi connectivity index (χ1) is 11.0. The first-order valence-corrected chi connectivity index (χ1v) is 7.65. The normalized spacial score (nSPS) is 10.4. The van der Waals surface area contributed by atoms with Crippen LogP contribution < -0.4 is 14.8 Å². The van der Waals surface area contributed by atoms with Crippen LogP contribution in [0.2, 0.25) is 0 Å². The van der Waals surface area contributed by atoms with Crippen LogP contribution in [-0.2, 0) is 17.8 Å². The zero-order valence-electron chi connectivity index (χ0n) is 14.2. The lowest BCUT2D eigenvalue weighted by atomic mass is 10.1. The van der Waals surface area contributed by atoms with Gasteiger partial charge in [-0.2, -0.15) is 0 Å². The number of hydrogen-bond donors (Lipinski definition) is 1. The quantitative estimate of drug-likeness (QED) is 0.854. The molecule has 1 N–H and O–H groups in total. The number of nitrogens with one attached hydrogen (secondary N) is 1. The fourth-order valence-corrected chi connectivity index (χ4v) is 2.56. The number of methoxy groups -OCH3 is 2. The molecule has 124 valence electrons. The van der Waals surface area contributed by atoms with Gasteiger partial charge in [-0.15, -0.1) is 0 Å². The molecule has 0 spiro atoms. The molecule has 1 amide bonds. The highest BCUT2D eigenvalue weighted by Gasteiger charge is 2.08. The maximum absolute atomic E-state index is 12.1. The highest BCUT2D eigenvalue weighted by atomic mass is 16.5. The number of aromatic nitrogens is 1. The van der Waals surface area contributed by atoms with Crippen molar-refractivity contribution in [3.8, 4) is 11.5 Å². The topological polar surface area (TPSA) is 52.5 Å². The summed E-state index contributed by atoms with van der Waals surface area (Å²) in [5.41, 5.74) is 3.19. The molecule has 0 saturated heterocycles. The number of benzene rings is 1. The smallest absolute Gasteiger partial charge is 0.239 e. The molecule has 0 aliphatic carbocycles. The van der Waals surface area contributed by atoms with Crippen molar-refractivity contribution in [3.05, 3.63) is 47.3 Å². The fraction of sp³-hybridized carbons (Fsp3) is 0.389. The van der Waals surface area contributed by atoms with E-state index < -0.39 is 0 Å². The van der Waals surface area contributed by atoms with Gasteiger partial charge in [0.2, 0.25) is 5.91 Å². The largest absolute Gasteiger partial charge is 0.497 e. The molecular formula is C18H24N2O3. The average Bonchev–Trinajstić information content (AvgIpc) is 2.86. The predicted octanol–water partition coefficient (Wildman–Crippen LogP) is 2.48. The van der Waals surface area contributed by atoms with Gasteiger partial charge in [-0.25, -0.2) is 0 Å². The molecule has 1 aromatic heterocycles. The number of ether oxygens (including phenoxy) is 2. The van der Waals surface area contributed by atoms with Gasteiger partial charge in [-0.3, -0.25) is 4.79 Å². The molecule has 0 unspecified atom stereocenters. The summed E-state index contributed by atoms with van der Waals surface area (Å²) in [6.45, 7) is 4.91. The Labute approximate surface area is 137 Å². The number of rotatable bonds is 7. The van der Waals surface area contributed by atoms with E-state index in [0.29, 0.717) is 19.5 Å². The van der Waals surface area contributed by atoms with E-state index in [-0.39, 0.29) is 5.91 Å². The van der Waals surface area contributed by atoms with Gasteiger partial charge in [0.15, 0.2) is 0 Å². The van der Waals surface area contributed by atoms with Gasteiger partial charge in [-0.05, 0) is 56.2 Å². The van der Waals surface area contributed by atoms with E-state index in [1.807, 2.05) is 48.7 Å². The summed E-state index contributed by atoms with van der Waals surface area (Å²) in [5.74, 6) is 1.59. The van der Waals surface area contributed by atoms with Crippen molar-refractivity contribution < 1.29 is 14.3 Å². The zero-order valence-corrected chi connectivity index (χ0v) is 14.2. The minimum absolute atomic E-state index is 0.00858. The van der Waals surface area contributed by atoms with Gasteiger partial charge >= 0.3 is 0 Å². The lowest BCUT2D eigenvalue weighted by molar-refractivity contribution is -0.121. The van der Waals surface area contributed by atoms with Crippen LogP contribution in [0.15, 0.2) is 30.3 Å². The number of amides is 1. The molecule has 0 aliphatic heterocycles. The Hall–Kier alpha value is -2.43. The number of carbonyl (C=O) groups is 1. The molecular weight excluding hydrogens is 292 g/mol. The van der Waals surface area contributed by atoms with Crippen LogP contribution in [0, 0.1) is 13.8 Å². The third kappa shape index (κ3) is 4.28. The molecule has 0 fully saturated rings. The van der Waals surface area contributed by atoms with Gasteiger partial charge in [0, 0.05) is 17.9 Å². The minimum Gasteiger partial charge on any atom is -0.497 e. The van der Waals surface area contributed by atoms with Crippen molar-refractivity contribution in [2.24, 2.45) is 0 Å². The second-order valence-electron chi connectivity index (χ2n) is 5.48. The summed E-state index contributed by atoms with van der Waals surface area (Å²) in [5, 5.41) is 2.96. The van der Waals surface area contributed by atoms with Gasteiger partial charge in [-0.1, -0.05) is 0 Å². The van der Waals surface area contributed by atoms with E-state index in [2.05, 4.69) is 5.32 Å². The summed E-state index contributed by atoms with van der Waals surface area (Å²) >= 11 is 0. The fourth-order valence-electron chi connectivity index (χ4n) is 2.56. The summed E-state index contributed by atoms with van der Waals surface area (Å²) < 4.78 is 12.6. The standard InChI is InChI=1S/C18H24N2O3/c1-13-5-6-14(2)20(13)12-18(21)19-10-9-15-11-16(22-3)7-8-17(15)23-4/h5-8,11H,9-10,12H2,1-4H3,(H,19,21). The third-order valence-electron chi connectivity index (χ3n) is 3.92. The number of hydrogen-bond acceptors (Lipinski definition) is 3. The van der Waals surface area contributed by atoms with Crippen LogP contribution in [-0.4, -0.2) is 31.2 Å². The Balaban J connectivity index is 1.91. The first-order valence-electron chi connectivity index (χ1n) is 7.65. The molecule has 0 atom stereocenters. The Kier molecular flexibility index (Phi) is 5.68. The van der Waals surface area contributed by atoms with E-state index >= 15 is 0 Å². The van der Waals surface area contributed by atoms with Crippen LogP contribution in [0.1, 0.15) is 17.0 Å². The molecule has 1 heterocycles. The molecule has 0 aliphatic rings. The summed E-state index contributed by atoms with van der Waals surface area (Å²) in [6.07, 6.45) is 0.690. The molecule has 5 nitrogen and oxygen atoms in total. The molecule has 23 heavy (non-hydrogen) atoms. The summed E-state index contributed by atoms with van der Waals surface area (Å²) in [4.78, 5) is 12.1. The second-order valence-corrected chi connectivity index (χ2v) is 5.48. The highest BCUT2D eigenvalue weighted by Crippen LogP contribution is 2.24. The SMILES string of the molecule is COc1ccc(OC)c(CCNC(=O)Cn2c(C)ccc2C)c1. The van der Waals surface area contributed by atoms with E-state index in [1.165, 1.54) is 0 Å². The highest BCUT2D eigenvalue weighted by molar-refractivity contribution is 5.76. The van der Waals surface area contributed by atoms with Crippen LogP contribution >= 0.6 is 0 Å². The Morgan fingerprint density at radius 3 is 2.39 bits per heavy atom. The van der Waals surface area contributed by atoms with Crippen LogP contribution in [0.25, 0.3) is 0 Å². The molecule has 1 aromatic carbocycles. The van der Waals surface area contributed by atoms with E-state index in [9.17, 15) is 4.79 Å². The monoisotopic (exact) mass is 316 g/mol. The number of carbonyl (C=O) groups excluding carboxylic acids is 1. The summed E-state index contributed by atoms with van der Waals surface area (Å²) in [6, 6.07) is 9.71. The van der Waals surface area contributed by atoms with Crippen LogP contribution in [0.4, 0.5) is 0 Å². The van der Waals surface area contributed by atoms with Crippen molar-refractivity contribution in [1.82, 2.24) is 9.88 Å². The Bertz CT molecular complexity index is 657. The number of aryl methyl sites for hydroxylation is 2. The second kappa shape index (κ2) is 7.72. The summed E-state index contributed by atoms with van der Waals surface area (Å²) in [7, 11) is 3.27. The van der Waals surface area contributed by atoms with Crippen LogP contribution in [0.3, 0.4) is 0 Å². The molecule has 0 saturated carbocycles. The number of nitrogens with zero attached hydrogens (tertiary/aromatic N) is 1. The molecule has 0 radical (unpaired) electrons. The first kappa shape index (κ1) is 16.9. The molecule has 2 aromatic rings. The Morgan fingerprint density at radius 2 is 1.78 bits per heavy atom. The maximum atomic E-state index is 12.1. The van der Waals surface area contributed by atoms with Crippen molar-refractivity contribution in [1.29, 1.82) is 0 Å². The van der Waals surface area contributed by atoms with Crippen molar-refractivity contribution in [2.45, 2.75) is 26.8 Å². The van der Waals surface area contributed by atoms with E-state index in [1.54, 1.807) is 14.2 Å². The third-order valence-corrected chi connectivity index (χ3v) is 3.92. The predicted molar refractivity (Wildman–Crippen MR) is 90.2 cm³/mol. The van der Waals surface area contributed by atoms with E-state index in [4.69, 9.17) is 9.47 Å². The van der Waals surface area contributed by atoms with Crippen molar-refractivity contribution in [3.63, 3.8) is 0 Å². The zero-order chi connectivity index (χ0) is 16.8.